The van der Waals surface area contributed by atoms with Crippen LogP contribution in [0, 0.1) is 5.92 Å². The van der Waals surface area contributed by atoms with Gasteiger partial charge in [-0.2, -0.15) is 0 Å². The second-order valence-electron chi connectivity index (χ2n) is 6.45. The monoisotopic (exact) mass is 310 g/mol. The van der Waals surface area contributed by atoms with Crippen LogP contribution in [0.2, 0.25) is 0 Å². The molecule has 0 saturated heterocycles. The summed E-state index contributed by atoms with van der Waals surface area (Å²) in [4.78, 5) is 0. The van der Waals surface area contributed by atoms with Crippen LogP contribution in [0.3, 0.4) is 0 Å². The van der Waals surface area contributed by atoms with Crippen molar-refractivity contribution < 1.29 is 9.47 Å². The minimum Gasteiger partial charge on any atom is -0.376 e. The van der Waals surface area contributed by atoms with E-state index in [4.69, 9.17) is 9.47 Å². The molecule has 2 nitrogen and oxygen atoms in total. The third kappa shape index (κ3) is 5.49. The Kier molecular flexibility index (Phi) is 6.25. The fourth-order valence-corrected chi connectivity index (χ4v) is 3.25. The summed E-state index contributed by atoms with van der Waals surface area (Å²) in [5.41, 5.74) is 2.51. The molecule has 122 valence electrons. The molecular weight excluding hydrogens is 284 g/mol. The lowest BCUT2D eigenvalue weighted by molar-refractivity contribution is -0.0176. The molecule has 0 bridgehead atoms. The van der Waals surface area contributed by atoms with E-state index in [0.29, 0.717) is 18.6 Å². The van der Waals surface area contributed by atoms with Crippen LogP contribution >= 0.6 is 0 Å². The van der Waals surface area contributed by atoms with Crippen LogP contribution < -0.4 is 0 Å². The minimum atomic E-state index is 0.384. The van der Waals surface area contributed by atoms with Crippen molar-refractivity contribution in [2.45, 2.75) is 45.0 Å². The molecule has 0 heterocycles. The molecule has 1 saturated carbocycles. The van der Waals surface area contributed by atoms with Crippen LogP contribution in [0.25, 0.3) is 0 Å². The van der Waals surface area contributed by atoms with Gasteiger partial charge in [-0.05, 0) is 36.3 Å². The average molecular weight is 310 g/mol. The maximum absolute atomic E-state index is 6.11. The highest BCUT2D eigenvalue weighted by Gasteiger charge is 2.22. The maximum Gasteiger partial charge on any atom is 0.0720 e. The Morgan fingerprint density at radius 3 is 2.13 bits per heavy atom. The van der Waals surface area contributed by atoms with E-state index >= 15 is 0 Å². The first-order valence-electron chi connectivity index (χ1n) is 8.67. The summed E-state index contributed by atoms with van der Waals surface area (Å²) in [5, 5.41) is 0. The van der Waals surface area contributed by atoms with E-state index < -0.39 is 0 Å². The van der Waals surface area contributed by atoms with Gasteiger partial charge < -0.3 is 9.47 Å². The summed E-state index contributed by atoms with van der Waals surface area (Å²) in [6.45, 7) is 2.29. The zero-order chi connectivity index (χ0) is 15.7. The summed E-state index contributed by atoms with van der Waals surface area (Å²) >= 11 is 0. The van der Waals surface area contributed by atoms with Crippen molar-refractivity contribution >= 4 is 0 Å². The first kappa shape index (κ1) is 16.2. The van der Waals surface area contributed by atoms with Crippen molar-refractivity contribution in [3.05, 3.63) is 71.8 Å². The van der Waals surface area contributed by atoms with Crippen molar-refractivity contribution in [1.29, 1.82) is 0 Å². The molecular formula is C21H26O2. The van der Waals surface area contributed by atoms with Gasteiger partial charge in [0.25, 0.3) is 0 Å². The van der Waals surface area contributed by atoms with Gasteiger partial charge in [-0.1, -0.05) is 67.1 Å². The molecule has 2 aromatic rings. The lowest BCUT2D eigenvalue weighted by Crippen LogP contribution is -2.25. The van der Waals surface area contributed by atoms with Gasteiger partial charge in [0.15, 0.2) is 0 Å². The van der Waals surface area contributed by atoms with E-state index in [0.717, 1.165) is 19.6 Å². The quantitative estimate of drug-likeness (QED) is 0.718. The van der Waals surface area contributed by atoms with E-state index in [9.17, 15) is 0 Å². The zero-order valence-electron chi connectivity index (χ0n) is 13.7. The number of ether oxygens (including phenoxy) is 2. The minimum absolute atomic E-state index is 0.384. The summed E-state index contributed by atoms with van der Waals surface area (Å²) in [6, 6.07) is 20.8. The molecule has 0 aliphatic heterocycles. The summed E-state index contributed by atoms with van der Waals surface area (Å²) in [6.07, 6.45) is 5.21. The predicted octanol–water partition coefficient (Wildman–Crippen LogP) is 4.98. The second kappa shape index (κ2) is 8.85. The molecule has 0 spiro atoms. The third-order valence-corrected chi connectivity index (χ3v) is 4.53. The SMILES string of the molecule is c1ccc(COC[C@H]2CCC[C@@H](OCc3ccccc3)C2)cc1. The van der Waals surface area contributed by atoms with Crippen molar-refractivity contribution in [1.82, 2.24) is 0 Å². The molecule has 0 aromatic heterocycles. The van der Waals surface area contributed by atoms with Gasteiger partial charge >= 0.3 is 0 Å². The normalized spacial score (nSPS) is 21.2. The molecule has 0 unspecified atom stereocenters. The predicted molar refractivity (Wildman–Crippen MR) is 93.1 cm³/mol. The van der Waals surface area contributed by atoms with E-state index in [-0.39, 0.29) is 0 Å². The number of hydrogen-bond acceptors (Lipinski definition) is 2. The van der Waals surface area contributed by atoms with E-state index in [1.807, 2.05) is 12.1 Å². The van der Waals surface area contributed by atoms with Gasteiger partial charge in [0.2, 0.25) is 0 Å². The number of hydrogen-bond donors (Lipinski definition) is 0. The average Bonchev–Trinajstić information content (AvgIpc) is 2.62. The first-order chi connectivity index (χ1) is 11.4. The van der Waals surface area contributed by atoms with Crippen LogP contribution in [0.5, 0.6) is 0 Å². The summed E-state index contributed by atoms with van der Waals surface area (Å²) in [7, 11) is 0. The van der Waals surface area contributed by atoms with Gasteiger partial charge in [0, 0.05) is 6.61 Å². The summed E-state index contributed by atoms with van der Waals surface area (Å²) < 4.78 is 12.0. The van der Waals surface area contributed by atoms with Crippen LogP contribution in [-0.2, 0) is 22.7 Å². The molecule has 2 heteroatoms. The zero-order valence-corrected chi connectivity index (χ0v) is 13.7. The molecule has 3 rings (SSSR count). The van der Waals surface area contributed by atoms with Crippen LogP contribution in [0.1, 0.15) is 36.8 Å². The van der Waals surface area contributed by atoms with E-state index in [1.54, 1.807) is 0 Å². The van der Waals surface area contributed by atoms with Crippen molar-refractivity contribution in [3.63, 3.8) is 0 Å². The molecule has 23 heavy (non-hydrogen) atoms. The molecule has 0 N–H and O–H groups in total. The molecule has 1 aliphatic rings. The van der Waals surface area contributed by atoms with Crippen molar-refractivity contribution in [3.8, 4) is 0 Å². The topological polar surface area (TPSA) is 18.5 Å². The lowest BCUT2D eigenvalue weighted by atomic mass is 9.88. The van der Waals surface area contributed by atoms with Gasteiger partial charge in [0.05, 0.1) is 19.3 Å². The molecule has 2 aromatic carbocycles. The van der Waals surface area contributed by atoms with Crippen LogP contribution in [0.15, 0.2) is 60.7 Å². The Hall–Kier alpha value is -1.64. The molecule has 0 radical (unpaired) electrons. The van der Waals surface area contributed by atoms with E-state index in [1.165, 1.54) is 30.4 Å². The second-order valence-corrected chi connectivity index (χ2v) is 6.45. The van der Waals surface area contributed by atoms with Gasteiger partial charge in [-0.15, -0.1) is 0 Å². The van der Waals surface area contributed by atoms with Gasteiger partial charge in [-0.25, -0.2) is 0 Å². The Morgan fingerprint density at radius 2 is 1.43 bits per heavy atom. The van der Waals surface area contributed by atoms with Crippen LogP contribution in [-0.4, -0.2) is 12.7 Å². The third-order valence-electron chi connectivity index (χ3n) is 4.53. The van der Waals surface area contributed by atoms with Gasteiger partial charge in [0.1, 0.15) is 0 Å². The first-order valence-corrected chi connectivity index (χ1v) is 8.67. The lowest BCUT2D eigenvalue weighted by Gasteiger charge is -2.29. The maximum atomic E-state index is 6.11. The van der Waals surface area contributed by atoms with Crippen molar-refractivity contribution in [2.75, 3.05) is 6.61 Å². The van der Waals surface area contributed by atoms with E-state index in [2.05, 4.69) is 48.5 Å². The standard InChI is InChI=1S/C21H26O2/c1-3-8-18(9-4-1)15-22-16-20-12-7-13-21(14-20)23-17-19-10-5-2-6-11-19/h1-6,8-11,20-21H,7,12-17H2/t20-,21+/m0/s1. The largest absolute Gasteiger partial charge is 0.376 e. The Bertz CT molecular complexity index is 553. The molecule has 1 fully saturated rings. The Morgan fingerprint density at radius 1 is 0.783 bits per heavy atom. The molecule has 0 amide bonds. The molecule has 2 atom stereocenters. The Labute approximate surface area is 139 Å². The highest BCUT2D eigenvalue weighted by atomic mass is 16.5. The summed E-state index contributed by atoms with van der Waals surface area (Å²) in [5.74, 6) is 0.633. The fraction of sp³-hybridized carbons (Fsp3) is 0.429. The van der Waals surface area contributed by atoms with Crippen LogP contribution in [0.4, 0.5) is 0 Å². The fourth-order valence-electron chi connectivity index (χ4n) is 3.25. The smallest absolute Gasteiger partial charge is 0.0720 e. The van der Waals surface area contributed by atoms with Gasteiger partial charge in [-0.3, -0.25) is 0 Å². The highest BCUT2D eigenvalue weighted by molar-refractivity contribution is 5.14. The van der Waals surface area contributed by atoms with Crippen molar-refractivity contribution in [2.24, 2.45) is 5.92 Å². The highest BCUT2D eigenvalue weighted by Crippen LogP contribution is 2.27. The molecule has 1 aliphatic carbocycles. The number of rotatable bonds is 7. The Balaban J connectivity index is 1.38. The number of benzene rings is 2.